The Balaban J connectivity index is 2.44. The second-order valence-corrected chi connectivity index (χ2v) is 4.47. The Morgan fingerprint density at radius 3 is 2.86 bits per heavy atom. The van der Waals surface area contributed by atoms with Crippen LogP contribution < -0.4 is 5.32 Å². The largest absolute Gasteiger partial charge is 0.309 e. The number of hydrogen-bond donors (Lipinski definition) is 1. The summed E-state index contributed by atoms with van der Waals surface area (Å²) in [6.07, 6.45) is 6.98. The molecule has 0 fully saturated rings. The summed E-state index contributed by atoms with van der Waals surface area (Å²) in [5, 5.41) is 3.58. The van der Waals surface area contributed by atoms with Crippen molar-refractivity contribution in [2.45, 2.75) is 45.6 Å². The van der Waals surface area contributed by atoms with Gasteiger partial charge in [-0.3, -0.25) is 4.98 Å². The molecule has 0 aliphatic rings. The third-order valence-corrected chi connectivity index (χ3v) is 3.17. The van der Waals surface area contributed by atoms with E-state index in [9.17, 15) is 0 Å². The van der Waals surface area contributed by atoms with Crippen LogP contribution in [0.4, 0.5) is 0 Å². The molecule has 80 valence electrons. The van der Waals surface area contributed by atoms with E-state index in [1.807, 2.05) is 11.7 Å². The first-order valence-corrected chi connectivity index (χ1v) is 6.38. The second kappa shape index (κ2) is 6.96. The zero-order valence-electron chi connectivity index (χ0n) is 9.12. The maximum atomic E-state index is 4.14. The molecule has 1 rings (SSSR count). The lowest BCUT2D eigenvalue weighted by molar-refractivity contribution is 0.487. The van der Waals surface area contributed by atoms with Crippen molar-refractivity contribution in [2.24, 2.45) is 0 Å². The van der Waals surface area contributed by atoms with Gasteiger partial charge < -0.3 is 5.32 Å². The molecule has 0 radical (unpaired) electrons. The highest BCUT2D eigenvalue weighted by molar-refractivity contribution is 7.09. The van der Waals surface area contributed by atoms with Crippen molar-refractivity contribution < 1.29 is 0 Å². The predicted molar refractivity (Wildman–Crippen MR) is 62.7 cm³/mol. The minimum Gasteiger partial charge on any atom is -0.309 e. The van der Waals surface area contributed by atoms with Gasteiger partial charge in [0.2, 0.25) is 0 Å². The highest BCUT2D eigenvalue weighted by Gasteiger charge is 2.10. The summed E-state index contributed by atoms with van der Waals surface area (Å²) < 4.78 is 0. The fourth-order valence-corrected chi connectivity index (χ4v) is 2.20. The van der Waals surface area contributed by atoms with E-state index in [0.717, 1.165) is 6.54 Å². The molecule has 1 N–H and O–H groups in total. The second-order valence-electron chi connectivity index (χ2n) is 3.55. The van der Waals surface area contributed by atoms with Crippen LogP contribution in [0.2, 0.25) is 0 Å². The summed E-state index contributed by atoms with van der Waals surface area (Å²) in [4.78, 5) is 5.52. The van der Waals surface area contributed by atoms with Crippen LogP contribution in [-0.2, 0) is 0 Å². The molecule has 3 heteroatoms. The van der Waals surface area contributed by atoms with Crippen LogP contribution in [0.25, 0.3) is 0 Å². The summed E-state index contributed by atoms with van der Waals surface area (Å²) in [6.45, 7) is 5.55. The van der Waals surface area contributed by atoms with Crippen molar-refractivity contribution in [1.29, 1.82) is 0 Å². The third-order valence-electron chi connectivity index (χ3n) is 2.28. The Hall–Kier alpha value is -0.410. The van der Waals surface area contributed by atoms with E-state index >= 15 is 0 Å². The van der Waals surface area contributed by atoms with Gasteiger partial charge in [-0.15, -0.1) is 11.3 Å². The van der Waals surface area contributed by atoms with E-state index < -0.39 is 0 Å². The maximum Gasteiger partial charge on any atom is 0.0794 e. The van der Waals surface area contributed by atoms with Gasteiger partial charge in [0.25, 0.3) is 0 Å². The topological polar surface area (TPSA) is 24.9 Å². The van der Waals surface area contributed by atoms with E-state index in [4.69, 9.17) is 0 Å². The SMILES string of the molecule is CCCCC(NCCC)c1cncs1. The average molecular weight is 212 g/mol. The lowest BCUT2D eigenvalue weighted by Crippen LogP contribution is -2.21. The van der Waals surface area contributed by atoms with Crippen molar-refractivity contribution in [1.82, 2.24) is 10.3 Å². The summed E-state index contributed by atoms with van der Waals surface area (Å²) in [5.41, 5.74) is 1.92. The molecule has 1 unspecified atom stereocenters. The van der Waals surface area contributed by atoms with Gasteiger partial charge in [-0.2, -0.15) is 0 Å². The molecule has 0 bridgehead atoms. The van der Waals surface area contributed by atoms with Gasteiger partial charge >= 0.3 is 0 Å². The van der Waals surface area contributed by atoms with Gasteiger partial charge in [0.05, 0.1) is 5.51 Å². The molecule has 0 saturated heterocycles. The van der Waals surface area contributed by atoms with Crippen LogP contribution in [0.15, 0.2) is 11.7 Å². The molecule has 0 saturated carbocycles. The van der Waals surface area contributed by atoms with Crippen molar-refractivity contribution in [3.63, 3.8) is 0 Å². The summed E-state index contributed by atoms with van der Waals surface area (Å²) in [6, 6.07) is 0.530. The van der Waals surface area contributed by atoms with Gasteiger partial charge in [-0.05, 0) is 19.4 Å². The first-order chi connectivity index (χ1) is 6.88. The molecule has 1 aromatic rings. The van der Waals surface area contributed by atoms with E-state index in [1.165, 1.54) is 30.6 Å². The van der Waals surface area contributed by atoms with Gasteiger partial charge in [0, 0.05) is 17.1 Å². The lowest BCUT2D eigenvalue weighted by atomic mass is 10.1. The highest BCUT2D eigenvalue weighted by atomic mass is 32.1. The Labute approximate surface area is 90.8 Å². The van der Waals surface area contributed by atoms with Crippen LogP contribution in [0, 0.1) is 0 Å². The minimum absolute atomic E-state index is 0.530. The number of nitrogens with zero attached hydrogens (tertiary/aromatic N) is 1. The molecule has 1 atom stereocenters. The van der Waals surface area contributed by atoms with E-state index in [1.54, 1.807) is 11.3 Å². The number of unbranched alkanes of at least 4 members (excludes halogenated alkanes) is 1. The van der Waals surface area contributed by atoms with Crippen LogP contribution >= 0.6 is 11.3 Å². The van der Waals surface area contributed by atoms with Gasteiger partial charge in [-0.1, -0.05) is 26.7 Å². The molecule has 2 nitrogen and oxygen atoms in total. The Bertz CT molecular complexity index is 213. The zero-order valence-corrected chi connectivity index (χ0v) is 9.94. The lowest BCUT2D eigenvalue weighted by Gasteiger charge is -2.15. The van der Waals surface area contributed by atoms with Crippen molar-refractivity contribution >= 4 is 11.3 Å². The smallest absolute Gasteiger partial charge is 0.0794 e. The summed E-state index contributed by atoms with van der Waals surface area (Å²) in [7, 11) is 0. The number of rotatable bonds is 7. The molecular weight excluding hydrogens is 192 g/mol. The number of hydrogen-bond acceptors (Lipinski definition) is 3. The first-order valence-electron chi connectivity index (χ1n) is 5.50. The minimum atomic E-state index is 0.530. The fraction of sp³-hybridized carbons (Fsp3) is 0.727. The molecule has 0 spiro atoms. The molecule has 0 aliphatic carbocycles. The monoisotopic (exact) mass is 212 g/mol. The van der Waals surface area contributed by atoms with E-state index in [0.29, 0.717) is 6.04 Å². The Kier molecular flexibility index (Phi) is 5.80. The highest BCUT2D eigenvalue weighted by Crippen LogP contribution is 2.22. The molecule has 14 heavy (non-hydrogen) atoms. The standard InChI is InChI=1S/C11H20N2S/c1-3-5-6-10(13-7-4-2)11-8-12-9-14-11/h8-10,13H,3-7H2,1-2H3. The number of thiazole rings is 1. The predicted octanol–water partition coefficient (Wildman–Crippen LogP) is 3.37. The molecule has 1 heterocycles. The molecule has 0 amide bonds. The van der Waals surface area contributed by atoms with Gasteiger partial charge in [-0.25, -0.2) is 0 Å². The van der Waals surface area contributed by atoms with Crippen LogP contribution in [-0.4, -0.2) is 11.5 Å². The Morgan fingerprint density at radius 2 is 2.29 bits per heavy atom. The van der Waals surface area contributed by atoms with Crippen LogP contribution in [0.3, 0.4) is 0 Å². The molecular formula is C11H20N2S. The van der Waals surface area contributed by atoms with E-state index in [2.05, 4.69) is 24.1 Å². The summed E-state index contributed by atoms with van der Waals surface area (Å²) in [5.74, 6) is 0. The summed E-state index contributed by atoms with van der Waals surface area (Å²) >= 11 is 1.76. The van der Waals surface area contributed by atoms with Crippen molar-refractivity contribution in [2.75, 3.05) is 6.54 Å². The number of nitrogens with one attached hydrogen (secondary N) is 1. The van der Waals surface area contributed by atoms with Gasteiger partial charge in [0.15, 0.2) is 0 Å². The van der Waals surface area contributed by atoms with Crippen molar-refractivity contribution in [3.05, 3.63) is 16.6 Å². The quantitative estimate of drug-likeness (QED) is 0.749. The zero-order chi connectivity index (χ0) is 10.2. The Morgan fingerprint density at radius 1 is 1.43 bits per heavy atom. The average Bonchev–Trinajstić information content (AvgIpc) is 2.71. The van der Waals surface area contributed by atoms with Gasteiger partial charge in [0.1, 0.15) is 0 Å². The molecule has 0 aliphatic heterocycles. The normalized spacial score (nSPS) is 13.0. The molecule has 1 aromatic heterocycles. The fourth-order valence-electron chi connectivity index (χ4n) is 1.47. The van der Waals surface area contributed by atoms with E-state index in [-0.39, 0.29) is 0 Å². The number of aromatic nitrogens is 1. The van der Waals surface area contributed by atoms with Crippen LogP contribution in [0.1, 0.15) is 50.4 Å². The van der Waals surface area contributed by atoms with Crippen LogP contribution in [0.5, 0.6) is 0 Å². The first kappa shape index (κ1) is 11.7. The maximum absolute atomic E-state index is 4.14. The third kappa shape index (κ3) is 3.76. The molecule has 0 aromatic carbocycles. The van der Waals surface area contributed by atoms with Crippen molar-refractivity contribution in [3.8, 4) is 0 Å².